The molecule has 0 bridgehead atoms. The van der Waals surface area contributed by atoms with Gasteiger partial charge in [0, 0.05) is 34.4 Å². The van der Waals surface area contributed by atoms with Gasteiger partial charge in [-0.25, -0.2) is 0 Å². The molecule has 6 saturated carbocycles. The molecule has 10 nitrogen and oxygen atoms in total. The SMILES string of the molecule is C.C.C[C@@H]1c2[nH]nc(N)c2C[C@]2(C)C3CC=C4[C@@H]5CC(C)(C)CC[C@]5(C(=O)O)CC[C@@]4(C)[C@]3(C)CC[C@@H]12.C[C@@H]1c2[nH]nc(N)c2C[C@]2(C)C3CC=C4[C@@H]5CC(C)(C)CC[C@]5(C(=O)OCc5ccccc5)CC[C@@]4(C)[C@]3(C)CC[C@@H]12. The Bertz CT molecular complexity index is 2930. The summed E-state index contributed by atoms with van der Waals surface area (Å²) in [6.45, 7) is 30.1. The van der Waals surface area contributed by atoms with Gasteiger partial charge in [-0.15, -0.1) is 0 Å². The fraction of sp³-hybridized carbons (Fsp3) is 0.739. The van der Waals surface area contributed by atoms with Gasteiger partial charge in [-0.2, -0.15) is 10.2 Å². The molecule has 0 spiro atoms. The Labute approximate surface area is 476 Å². The Morgan fingerprint density at radius 2 is 1.03 bits per heavy atom. The van der Waals surface area contributed by atoms with Crippen LogP contribution in [0.5, 0.6) is 0 Å². The first-order valence-corrected chi connectivity index (χ1v) is 30.6. The summed E-state index contributed by atoms with van der Waals surface area (Å²) in [5.41, 5.74) is 22.3. The number of H-pyrrole nitrogens is 2. The van der Waals surface area contributed by atoms with Crippen molar-refractivity contribution in [2.24, 2.45) is 89.7 Å². The van der Waals surface area contributed by atoms with E-state index in [-0.39, 0.29) is 76.0 Å². The van der Waals surface area contributed by atoms with Crippen LogP contribution in [0.4, 0.5) is 11.6 Å². The number of nitrogens with two attached hydrogens (primary N) is 2. The molecule has 10 aliphatic rings. The number of anilines is 2. The minimum atomic E-state index is -0.565. The number of fused-ring (bicyclic) bond motifs is 16. The van der Waals surface area contributed by atoms with Gasteiger partial charge in [0.15, 0.2) is 0 Å². The third kappa shape index (κ3) is 7.91. The Kier molecular flexibility index (Phi) is 13.8. The highest BCUT2D eigenvalue weighted by atomic mass is 16.5. The molecule has 2 unspecified atom stereocenters. The number of nitrogens with zero attached hydrogens (tertiary/aromatic N) is 2. The molecule has 10 aliphatic carbocycles. The Balaban J connectivity index is 0.000000177. The summed E-state index contributed by atoms with van der Waals surface area (Å²) in [6.07, 6.45) is 24.1. The number of aromatic nitrogens is 4. The van der Waals surface area contributed by atoms with Crippen molar-refractivity contribution in [3.63, 3.8) is 0 Å². The van der Waals surface area contributed by atoms with Gasteiger partial charge in [0.25, 0.3) is 0 Å². The van der Waals surface area contributed by atoms with Gasteiger partial charge in [0.2, 0.25) is 0 Å². The standard InChI is InChI=1S/C37H51N3O2.C30H45N3O2.2CH4/c1-23-26-14-15-36(6)29(34(26,4)20-25-30(23)39-40-31(25)38)13-12-27-28-21-33(2,3)16-18-37(28,19-17-35(27,36)5)32(41)42-22-24-10-8-7-9-11-24;1-17-19-9-10-29(6)22(27(19,4)15-18-23(17)32-33-24(18)31)8-7-20-21-16-26(2,3)11-13-30(21,25(34)35)14-12-28(20,29)5;;/h7-12,23,26,28-29H,13-22H2,1-6H3,(H3,38,39,40);7,17,19,21-22H,8-16H2,1-6H3,(H,34,35)(H3,31,32,33);2*1H4/t23-,26-,28-,29?,34-,35+,36+,37-;17-,19-,21-,22?,27-,28+,29+,30-;;/m00../s1. The van der Waals surface area contributed by atoms with Gasteiger partial charge in [-0.05, 0) is 200 Å². The highest BCUT2D eigenvalue weighted by molar-refractivity contribution is 5.79. The number of rotatable bonds is 4. The van der Waals surface area contributed by atoms with Crippen LogP contribution < -0.4 is 11.5 Å². The highest BCUT2D eigenvalue weighted by Crippen LogP contribution is 2.77. The molecular formula is C69H104N6O4. The van der Waals surface area contributed by atoms with Crippen LogP contribution in [0.1, 0.15) is 241 Å². The van der Waals surface area contributed by atoms with Crippen molar-refractivity contribution in [2.75, 3.05) is 11.5 Å². The predicted octanol–water partition coefficient (Wildman–Crippen LogP) is 16.4. The van der Waals surface area contributed by atoms with Crippen molar-refractivity contribution in [2.45, 2.75) is 232 Å². The molecule has 0 saturated heterocycles. The van der Waals surface area contributed by atoms with Crippen LogP contribution >= 0.6 is 0 Å². The van der Waals surface area contributed by atoms with Gasteiger partial charge in [-0.1, -0.05) is 152 Å². The van der Waals surface area contributed by atoms with E-state index in [1.54, 1.807) is 5.57 Å². The average molecular weight is 1080 g/mol. The lowest BCUT2D eigenvalue weighted by molar-refractivity contribution is -0.180. The van der Waals surface area contributed by atoms with Crippen LogP contribution in [-0.2, 0) is 33.8 Å². The van der Waals surface area contributed by atoms with Crippen LogP contribution in [0, 0.1) is 89.7 Å². The zero-order chi connectivity index (χ0) is 54.9. The van der Waals surface area contributed by atoms with Gasteiger partial charge in [-0.3, -0.25) is 19.8 Å². The molecule has 2 aromatic heterocycles. The molecule has 0 radical (unpaired) electrons. The fourth-order valence-electron chi connectivity index (χ4n) is 22.1. The van der Waals surface area contributed by atoms with E-state index in [1.165, 1.54) is 53.8 Å². The highest BCUT2D eigenvalue weighted by Gasteiger charge is 2.71. The van der Waals surface area contributed by atoms with E-state index >= 15 is 0 Å². The summed E-state index contributed by atoms with van der Waals surface area (Å²) in [4.78, 5) is 27.0. The van der Waals surface area contributed by atoms with E-state index in [0.29, 0.717) is 53.8 Å². The first kappa shape index (κ1) is 57.9. The van der Waals surface area contributed by atoms with Gasteiger partial charge in [0.1, 0.15) is 18.2 Å². The summed E-state index contributed by atoms with van der Waals surface area (Å²) >= 11 is 0. The second-order valence-corrected chi connectivity index (χ2v) is 31.2. The lowest BCUT2D eigenvalue weighted by Crippen LogP contribution is -2.63. The molecule has 79 heavy (non-hydrogen) atoms. The van der Waals surface area contributed by atoms with Gasteiger partial charge in [0.05, 0.1) is 10.8 Å². The van der Waals surface area contributed by atoms with Gasteiger partial charge < -0.3 is 21.3 Å². The molecule has 16 atom stereocenters. The van der Waals surface area contributed by atoms with Crippen molar-refractivity contribution in [1.29, 1.82) is 0 Å². The number of esters is 1. The Morgan fingerprint density at radius 1 is 0.608 bits per heavy atom. The second kappa shape index (κ2) is 18.8. The molecule has 10 heteroatoms. The van der Waals surface area contributed by atoms with Crippen LogP contribution in [0.2, 0.25) is 0 Å². The van der Waals surface area contributed by atoms with E-state index in [0.717, 1.165) is 95.5 Å². The largest absolute Gasteiger partial charge is 0.481 e. The zero-order valence-electron chi connectivity index (χ0n) is 49.3. The summed E-state index contributed by atoms with van der Waals surface area (Å²) in [6, 6.07) is 10.2. The van der Waals surface area contributed by atoms with E-state index in [2.05, 4.69) is 128 Å². The normalized spacial score (nSPS) is 43.4. The average Bonchev–Trinajstić information content (AvgIpc) is 3.36. The fourth-order valence-corrected chi connectivity index (χ4v) is 22.1. The lowest BCUT2D eigenvalue weighted by atomic mass is 9.34. The quantitative estimate of drug-likeness (QED) is 0.127. The number of hydrogen-bond acceptors (Lipinski definition) is 7. The van der Waals surface area contributed by atoms with Crippen LogP contribution in [0.25, 0.3) is 0 Å². The smallest absolute Gasteiger partial charge is 0.313 e. The second-order valence-electron chi connectivity index (χ2n) is 31.2. The monoisotopic (exact) mass is 1080 g/mol. The van der Waals surface area contributed by atoms with Crippen molar-refractivity contribution in [3.05, 3.63) is 81.7 Å². The Morgan fingerprint density at radius 3 is 1.48 bits per heavy atom. The predicted molar refractivity (Wildman–Crippen MR) is 320 cm³/mol. The summed E-state index contributed by atoms with van der Waals surface area (Å²) in [7, 11) is 0. The number of aliphatic carboxylic acids is 1. The zero-order valence-corrected chi connectivity index (χ0v) is 49.3. The topological polar surface area (TPSA) is 173 Å². The van der Waals surface area contributed by atoms with E-state index in [4.69, 9.17) is 16.2 Å². The maximum absolute atomic E-state index is 14.2. The van der Waals surface area contributed by atoms with Crippen LogP contribution in [0.15, 0.2) is 53.6 Å². The first-order chi connectivity index (χ1) is 36.1. The van der Waals surface area contributed by atoms with Gasteiger partial charge >= 0.3 is 11.9 Å². The molecule has 434 valence electrons. The number of nitrogens with one attached hydrogen (secondary N) is 2. The van der Waals surface area contributed by atoms with E-state index < -0.39 is 16.8 Å². The number of carboxylic acids is 1. The van der Waals surface area contributed by atoms with Crippen molar-refractivity contribution in [1.82, 2.24) is 20.4 Å². The van der Waals surface area contributed by atoms with Crippen molar-refractivity contribution in [3.8, 4) is 0 Å². The first-order valence-electron chi connectivity index (χ1n) is 30.6. The third-order valence-electron chi connectivity index (χ3n) is 27.1. The Hall–Kier alpha value is -4.34. The number of ether oxygens (including phenoxy) is 1. The molecule has 7 N–H and O–H groups in total. The summed E-state index contributed by atoms with van der Waals surface area (Å²) in [5.74, 6) is 4.61. The number of aromatic amines is 2. The number of allylic oxidation sites excluding steroid dienone is 4. The third-order valence-corrected chi connectivity index (χ3v) is 27.1. The van der Waals surface area contributed by atoms with E-state index in [1.807, 2.05) is 18.2 Å². The maximum atomic E-state index is 14.2. The molecule has 2 heterocycles. The molecule has 6 fully saturated rings. The number of nitrogen functional groups attached to an aromatic ring is 2. The lowest BCUT2D eigenvalue weighted by Gasteiger charge is -2.69. The number of carbonyl (C=O) groups excluding carboxylic acids is 1. The van der Waals surface area contributed by atoms with Crippen LogP contribution in [0.3, 0.4) is 0 Å². The van der Waals surface area contributed by atoms with Crippen molar-refractivity contribution >= 4 is 23.6 Å². The molecule has 1 aromatic carbocycles. The minimum Gasteiger partial charge on any atom is -0.481 e. The summed E-state index contributed by atoms with van der Waals surface area (Å²) < 4.78 is 6.19. The molecule has 0 aliphatic heterocycles. The maximum Gasteiger partial charge on any atom is 0.313 e. The molecule has 0 amide bonds. The van der Waals surface area contributed by atoms with Crippen LogP contribution in [-0.4, -0.2) is 37.4 Å². The number of hydrogen-bond donors (Lipinski definition) is 5. The van der Waals surface area contributed by atoms with Crippen molar-refractivity contribution < 1.29 is 19.4 Å². The summed E-state index contributed by atoms with van der Waals surface area (Å²) in [5, 5.41) is 26.0. The number of carboxylic acid groups (broad SMARTS) is 1. The number of benzene rings is 1. The molecule has 13 rings (SSSR count). The molecular weight excluding hydrogens is 977 g/mol. The van der Waals surface area contributed by atoms with E-state index in [9.17, 15) is 14.7 Å². The number of carbonyl (C=O) groups is 2. The molecule has 3 aromatic rings. The minimum absolute atomic E-state index is 0.